The first-order valence-electron chi connectivity index (χ1n) is 6.19. The fraction of sp³-hybridized carbons (Fsp3) is 0.143. The molecule has 0 radical (unpaired) electrons. The van der Waals surface area contributed by atoms with Crippen LogP contribution in [0, 0.1) is 0 Å². The summed E-state index contributed by atoms with van der Waals surface area (Å²) in [7, 11) is 0. The van der Waals surface area contributed by atoms with E-state index in [1.54, 1.807) is 0 Å². The number of benzene rings is 1. The van der Waals surface area contributed by atoms with Gasteiger partial charge in [0.1, 0.15) is 5.69 Å². The number of rotatable bonds is 2. The zero-order valence-corrected chi connectivity index (χ0v) is 12.2. The molecule has 10 heteroatoms. The van der Waals surface area contributed by atoms with E-state index in [-0.39, 0.29) is 16.8 Å². The molecule has 0 aliphatic rings. The number of halogens is 7. The zero-order valence-electron chi connectivity index (χ0n) is 11.5. The SMILES string of the molecule is O=C(Nc1cc(C(F)(F)F)cc(C(F)(F)F)c1)c1cc(Cl)ccn1. The van der Waals surface area contributed by atoms with Gasteiger partial charge in [-0.1, -0.05) is 11.6 Å². The van der Waals surface area contributed by atoms with Crippen LogP contribution in [0.3, 0.4) is 0 Å². The lowest BCUT2D eigenvalue weighted by atomic mass is 10.1. The molecule has 1 aromatic heterocycles. The number of carbonyl (C=O) groups excluding carboxylic acids is 1. The maximum Gasteiger partial charge on any atom is 0.416 e. The van der Waals surface area contributed by atoms with Crippen LogP contribution < -0.4 is 5.32 Å². The summed E-state index contributed by atoms with van der Waals surface area (Å²) in [6, 6.07) is 3.24. The van der Waals surface area contributed by atoms with Crippen molar-refractivity contribution in [3.8, 4) is 0 Å². The molecule has 0 spiro atoms. The van der Waals surface area contributed by atoms with E-state index >= 15 is 0 Å². The third-order valence-electron chi connectivity index (χ3n) is 2.80. The summed E-state index contributed by atoms with van der Waals surface area (Å²) in [5.74, 6) is -0.995. The molecular weight excluding hydrogens is 362 g/mol. The molecule has 0 unspecified atom stereocenters. The number of hydrogen-bond acceptors (Lipinski definition) is 2. The van der Waals surface area contributed by atoms with Gasteiger partial charge in [0.05, 0.1) is 11.1 Å². The standard InChI is InChI=1S/C14H7ClF6N2O/c15-9-1-2-22-11(6-9)12(24)23-10-4-7(13(16,17)18)3-8(5-10)14(19,20)21/h1-6H,(H,23,24). The summed E-state index contributed by atoms with van der Waals surface area (Å²) in [6.07, 6.45) is -8.84. The predicted octanol–water partition coefficient (Wildman–Crippen LogP) is 5.02. The number of anilines is 1. The van der Waals surface area contributed by atoms with Crippen LogP contribution in [0.15, 0.2) is 36.5 Å². The molecule has 0 aliphatic heterocycles. The van der Waals surface area contributed by atoms with Crippen LogP contribution in [-0.2, 0) is 12.4 Å². The highest BCUT2D eigenvalue weighted by Crippen LogP contribution is 2.37. The van der Waals surface area contributed by atoms with Crippen molar-refractivity contribution in [3.05, 3.63) is 58.4 Å². The van der Waals surface area contributed by atoms with E-state index in [4.69, 9.17) is 11.6 Å². The maximum absolute atomic E-state index is 12.7. The van der Waals surface area contributed by atoms with Crippen LogP contribution in [0.5, 0.6) is 0 Å². The summed E-state index contributed by atoms with van der Waals surface area (Å²) in [5, 5.41) is 2.08. The molecule has 1 N–H and O–H groups in total. The van der Waals surface area contributed by atoms with Crippen LogP contribution >= 0.6 is 11.6 Å². The van der Waals surface area contributed by atoms with Gasteiger partial charge in [-0.25, -0.2) is 0 Å². The van der Waals surface area contributed by atoms with Gasteiger partial charge in [0.15, 0.2) is 0 Å². The highest BCUT2D eigenvalue weighted by atomic mass is 35.5. The van der Waals surface area contributed by atoms with Crippen molar-refractivity contribution >= 4 is 23.2 Å². The third-order valence-corrected chi connectivity index (χ3v) is 3.04. The smallest absolute Gasteiger partial charge is 0.321 e. The summed E-state index contributed by atoms with van der Waals surface area (Å²) in [5.41, 5.74) is -3.99. The Kier molecular flexibility index (Phi) is 4.75. The van der Waals surface area contributed by atoms with E-state index < -0.39 is 35.1 Å². The van der Waals surface area contributed by atoms with Gasteiger partial charge in [0.2, 0.25) is 0 Å². The van der Waals surface area contributed by atoms with Crippen molar-refractivity contribution < 1.29 is 31.1 Å². The first-order chi connectivity index (χ1) is 11.0. The Morgan fingerprint density at radius 1 is 0.958 bits per heavy atom. The van der Waals surface area contributed by atoms with Crippen molar-refractivity contribution in [2.75, 3.05) is 5.32 Å². The average molecular weight is 369 g/mol. The molecule has 2 aromatic rings. The molecule has 3 nitrogen and oxygen atoms in total. The molecule has 0 atom stereocenters. The first kappa shape index (κ1) is 18.1. The van der Waals surface area contributed by atoms with E-state index in [0.717, 1.165) is 6.07 Å². The largest absolute Gasteiger partial charge is 0.416 e. The molecule has 1 amide bonds. The molecule has 24 heavy (non-hydrogen) atoms. The zero-order chi connectivity index (χ0) is 18.1. The van der Waals surface area contributed by atoms with E-state index in [1.807, 2.05) is 5.32 Å². The average Bonchev–Trinajstić information content (AvgIpc) is 2.45. The number of pyridine rings is 1. The fourth-order valence-corrected chi connectivity index (χ4v) is 1.91. The monoisotopic (exact) mass is 368 g/mol. The van der Waals surface area contributed by atoms with Crippen molar-refractivity contribution in [2.24, 2.45) is 0 Å². The number of nitrogens with zero attached hydrogens (tertiary/aromatic N) is 1. The predicted molar refractivity (Wildman–Crippen MR) is 73.6 cm³/mol. The van der Waals surface area contributed by atoms with E-state index in [2.05, 4.69) is 4.98 Å². The van der Waals surface area contributed by atoms with Crippen LogP contribution in [0.2, 0.25) is 5.02 Å². The van der Waals surface area contributed by atoms with Gasteiger partial charge in [-0.05, 0) is 30.3 Å². The van der Waals surface area contributed by atoms with Gasteiger partial charge < -0.3 is 5.32 Å². The van der Waals surface area contributed by atoms with Crippen LogP contribution in [0.1, 0.15) is 21.6 Å². The van der Waals surface area contributed by atoms with Gasteiger partial charge in [0.25, 0.3) is 5.91 Å². The minimum atomic E-state index is -5.00. The molecule has 2 rings (SSSR count). The summed E-state index contributed by atoms with van der Waals surface area (Å²) in [4.78, 5) is 15.5. The molecule has 128 valence electrons. The molecule has 0 bridgehead atoms. The van der Waals surface area contributed by atoms with Crippen LogP contribution in [0.25, 0.3) is 0 Å². The fourth-order valence-electron chi connectivity index (χ4n) is 1.75. The maximum atomic E-state index is 12.7. The minimum Gasteiger partial charge on any atom is -0.321 e. The van der Waals surface area contributed by atoms with Crippen molar-refractivity contribution in [1.82, 2.24) is 4.98 Å². The Morgan fingerprint density at radius 2 is 1.50 bits per heavy atom. The molecule has 0 saturated heterocycles. The van der Waals surface area contributed by atoms with Gasteiger partial charge in [-0.3, -0.25) is 9.78 Å². The Morgan fingerprint density at radius 3 is 1.96 bits per heavy atom. The number of hydrogen-bond donors (Lipinski definition) is 1. The highest BCUT2D eigenvalue weighted by molar-refractivity contribution is 6.30. The summed E-state index contributed by atoms with van der Waals surface area (Å²) >= 11 is 5.64. The number of aromatic nitrogens is 1. The number of amides is 1. The Balaban J connectivity index is 2.40. The Labute approximate surface area is 136 Å². The molecule has 1 heterocycles. The Hall–Kier alpha value is -2.29. The second kappa shape index (κ2) is 6.31. The van der Waals surface area contributed by atoms with Crippen molar-refractivity contribution in [3.63, 3.8) is 0 Å². The van der Waals surface area contributed by atoms with E-state index in [1.165, 1.54) is 12.3 Å². The molecule has 0 saturated carbocycles. The van der Waals surface area contributed by atoms with Crippen molar-refractivity contribution in [2.45, 2.75) is 12.4 Å². The molecule has 0 fully saturated rings. The second-order valence-corrected chi connectivity index (χ2v) is 5.04. The van der Waals surface area contributed by atoms with Gasteiger partial charge in [-0.15, -0.1) is 0 Å². The van der Waals surface area contributed by atoms with E-state index in [0.29, 0.717) is 12.1 Å². The topological polar surface area (TPSA) is 42.0 Å². The van der Waals surface area contributed by atoms with Gasteiger partial charge in [-0.2, -0.15) is 26.3 Å². The van der Waals surface area contributed by atoms with E-state index in [9.17, 15) is 31.1 Å². The van der Waals surface area contributed by atoms with Crippen molar-refractivity contribution in [1.29, 1.82) is 0 Å². The quantitative estimate of drug-likeness (QED) is 0.756. The lowest BCUT2D eigenvalue weighted by Gasteiger charge is -2.14. The van der Waals surface area contributed by atoms with Gasteiger partial charge in [0, 0.05) is 16.9 Å². The normalized spacial score (nSPS) is 12.1. The number of alkyl halides is 6. The third kappa shape index (κ3) is 4.38. The first-order valence-corrected chi connectivity index (χ1v) is 6.57. The minimum absolute atomic E-state index is 0.0344. The molecule has 1 aromatic carbocycles. The van der Waals surface area contributed by atoms with Crippen LogP contribution in [-0.4, -0.2) is 10.9 Å². The summed E-state index contributed by atoms with van der Waals surface area (Å²) in [6.45, 7) is 0. The molecular formula is C14H7ClF6N2O. The Bertz CT molecular complexity index is 740. The highest BCUT2D eigenvalue weighted by Gasteiger charge is 2.37. The van der Waals surface area contributed by atoms with Crippen LogP contribution in [0.4, 0.5) is 32.0 Å². The summed E-state index contributed by atoms with van der Waals surface area (Å²) < 4.78 is 76.4. The lowest BCUT2D eigenvalue weighted by molar-refractivity contribution is -0.143. The number of carbonyl (C=O) groups is 1. The number of nitrogens with one attached hydrogen (secondary N) is 1. The lowest BCUT2D eigenvalue weighted by Crippen LogP contribution is -2.16. The molecule has 0 aliphatic carbocycles. The second-order valence-electron chi connectivity index (χ2n) is 4.61. The van der Waals surface area contributed by atoms with Gasteiger partial charge >= 0.3 is 12.4 Å².